The maximum atomic E-state index is 12.3. The zero-order chi connectivity index (χ0) is 13.2. The van der Waals surface area contributed by atoms with Gasteiger partial charge in [-0.15, -0.1) is 0 Å². The largest absolute Gasteiger partial charge is 0.349 e. The molecule has 2 unspecified atom stereocenters. The number of carbonyl (C=O) groups is 1. The van der Waals surface area contributed by atoms with Crippen LogP contribution < -0.4 is 5.32 Å². The highest BCUT2D eigenvalue weighted by atomic mass is 16.1. The molecule has 1 fully saturated rings. The molecule has 0 bridgehead atoms. The molecular weight excluding hydrogens is 240 g/mol. The highest BCUT2D eigenvalue weighted by molar-refractivity contribution is 5.97. The smallest absolute Gasteiger partial charge is 0.251 e. The summed E-state index contributed by atoms with van der Waals surface area (Å²) in [4.78, 5) is 12.3. The molecule has 19 heavy (non-hydrogen) atoms. The summed E-state index contributed by atoms with van der Waals surface area (Å²) in [5, 5.41) is 13.7. The number of amides is 1. The van der Waals surface area contributed by atoms with Crippen LogP contribution in [-0.2, 0) is 0 Å². The van der Waals surface area contributed by atoms with Crippen molar-refractivity contribution in [3.8, 4) is 0 Å². The minimum absolute atomic E-state index is 0.0105. The fourth-order valence-electron chi connectivity index (χ4n) is 2.76. The Morgan fingerprint density at radius 2 is 2.05 bits per heavy atom. The van der Waals surface area contributed by atoms with Gasteiger partial charge in [-0.2, -0.15) is 15.4 Å². The van der Waals surface area contributed by atoms with Crippen LogP contribution in [0, 0.1) is 5.92 Å². The number of hydrogen-bond donors (Lipinski definition) is 2. The van der Waals surface area contributed by atoms with Crippen molar-refractivity contribution in [2.24, 2.45) is 5.92 Å². The topological polar surface area (TPSA) is 70.7 Å². The lowest BCUT2D eigenvalue weighted by Crippen LogP contribution is -2.41. The van der Waals surface area contributed by atoms with Gasteiger partial charge in [-0.05, 0) is 37.0 Å². The predicted octanol–water partition coefficient (Wildman–Crippen LogP) is 2.27. The molecule has 0 radical (unpaired) electrons. The Bertz CT molecular complexity index is 592. The van der Waals surface area contributed by atoms with Crippen molar-refractivity contribution >= 4 is 16.9 Å². The van der Waals surface area contributed by atoms with Gasteiger partial charge in [0.1, 0.15) is 11.0 Å². The van der Waals surface area contributed by atoms with Crippen LogP contribution in [0.5, 0.6) is 0 Å². The summed E-state index contributed by atoms with van der Waals surface area (Å²) < 4.78 is 0. The van der Waals surface area contributed by atoms with Gasteiger partial charge >= 0.3 is 0 Å². The Morgan fingerprint density at radius 1 is 1.26 bits per heavy atom. The standard InChI is InChI=1S/C14H18N4O/c1-9-4-2-3-5-11(9)15-14(19)10-6-7-12-13(8-10)17-18-16-12/h6-9,11H,2-5H2,1H3,(H,15,19)(H,16,17,18). The summed E-state index contributed by atoms with van der Waals surface area (Å²) in [7, 11) is 0. The number of nitrogens with one attached hydrogen (secondary N) is 2. The van der Waals surface area contributed by atoms with Gasteiger partial charge in [0.25, 0.3) is 5.91 Å². The van der Waals surface area contributed by atoms with Crippen molar-refractivity contribution in [3.63, 3.8) is 0 Å². The first kappa shape index (κ1) is 12.1. The lowest BCUT2D eigenvalue weighted by atomic mass is 9.86. The third kappa shape index (κ3) is 2.45. The number of aromatic nitrogens is 3. The molecule has 5 heteroatoms. The summed E-state index contributed by atoms with van der Waals surface area (Å²) in [6.07, 6.45) is 4.77. The molecule has 0 aliphatic heterocycles. The molecule has 2 aromatic rings. The fraction of sp³-hybridized carbons (Fsp3) is 0.500. The molecule has 0 spiro atoms. The molecular formula is C14H18N4O. The van der Waals surface area contributed by atoms with Gasteiger partial charge in [0.15, 0.2) is 0 Å². The molecule has 1 saturated carbocycles. The average molecular weight is 258 g/mol. The maximum absolute atomic E-state index is 12.3. The molecule has 1 aliphatic rings. The van der Waals surface area contributed by atoms with Crippen LogP contribution in [0.2, 0.25) is 0 Å². The van der Waals surface area contributed by atoms with Crippen molar-refractivity contribution in [1.82, 2.24) is 20.7 Å². The molecule has 1 aromatic carbocycles. The van der Waals surface area contributed by atoms with E-state index in [1.54, 1.807) is 12.1 Å². The summed E-state index contributed by atoms with van der Waals surface area (Å²) in [6.45, 7) is 2.21. The van der Waals surface area contributed by atoms with E-state index >= 15 is 0 Å². The monoisotopic (exact) mass is 258 g/mol. The van der Waals surface area contributed by atoms with Crippen molar-refractivity contribution in [2.45, 2.75) is 38.6 Å². The summed E-state index contributed by atoms with van der Waals surface area (Å²) >= 11 is 0. The SMILES string of the molecule is CC1CCCCC1NC(=O)c1ccc2n[nH]nc2c1. The van der Waals surface area contributed by atoms with E-state index in [2.05, 4.69) is 27.7 Å². The second-order valence-corrected chi connectivity index (χ2v) is 5.37. The number of hydrogen-bond acceptors (Lipinski definition) is 3. The van der Waals surface area contributed by atoms with Crippen LogP contribution >= 0.6 is 0 Å². The number of aromatic amines is 1. The third-order valence-corrected chi connectivity index (χ3v) is 4.01. The second kappa shape index (κ2) is 4.99. The van der Waals surface area contributed by atoms with Gasteiger partial charge in [-0.1, -0.05) is 19.8 Å². The molecule has 100 valence electrons. The Hall–Kier alpha value is -1.91. The van der Waals surface area contributed by atoms with E-state index in [9.17, 15) is 4.79 Å². The first-order valence-electron chi connectivity index (χ1n) is 6.85. The van der Waals surface area contributed by atoms with Crippen LogP contribution in [0.25, 0.3) is 11.0 Å². The third-order valence-electron chi connectivity index (χ3n) is 4.01. The van der Waals surface area contributed by atoms with Gasteiger partial charge in [-0.25, -0.2) is 0 Å². The maximum Gasteiger partial charge on any atom is 0.251 e. The van der Waals surface area contributed by atoms with Crippen LogP contribution in [0.1, 0.15) is 43.0 Å². The quantitative estimate of drug-likeness (QED) is 0.868. The van der Waals surface area contributed by atoms with Crippen molar-refractivity contribution in [3.05, 3.63) is 23.8 Å². The lowest BCUT2D eigenvalue weighted by molar-refractivity contribution is 0.0910. The summed E-state index contributed by atoms with van der Waals surface area (Å²) in [5.74, 6) is 0.553. The molecule has 1 aromatic heterocycles. The van der Waals surface area contributed by atoms with Gasteiger partial charge in [0.05, 0.1) is 0 Å². The Morgan fingerprint density at radius 3 is 2.89 bits per heavy atom. The molecule has 0 saturated heterocycles. The van der Waals surface area contributed by atoms with Gasteiger partial charge < -0.3 is 5.32 Å². The van der Waals surface area contributed by atoms with Crippen LogP contribution in [0.4, 0.5) is 0 Å². The molecule has 3 rings (SSSR count). The average Bonchev–Trinajstić information content (AvgIpc) is 2.88. The van der Waals surface area contributed by atoms with Crippen molar-refractivity contribution in [1.29, 1.82) is 0 Å². The summed E-state index contributed by atoms with van der Waals surface area (Å²) in [5.41, 5.74) is 2.16. The first-order valence-corrected chi connectivity index (χ1v) is 6.85. The van der Waals surface area contributed by atoms with E-state index in [4.69, 9.17) is 0 Å². The Labute approximate surface area is 111 Å². The number of benzene rings is 1. The Kier molecular flexibility index (Phi) is 3.19. The predicted molar refractivity (Wildman–Crippen MR) is 72.8 cm³/mol. The first-order chi connectivity index (χ1) is 9.24. The van der Waals surface area contributed by atoms with Crippen molar-refractivity contribution < 1.29 is 4.79 Å². The number of nitrogens with zero attached hydrogens (tertiary/aromatic N) is 2. The van der Waals surface area contributed by atoms with E-state index in [-0.39, 0.29) is 5.91 Å². The van der Waals surface area contributed by atoms with Crippen LogP contribution in [-0.4, -0.2) is 27.4 Å². The molecule has 1 amide bonds. The summed E-state index contributed by atoms with van der Waals surface area (Å²) in [6, 6.07) is 5.70. The minimum atomic E-state index is -0.0105. The minimum Gasteiger partial charge on any atom is -0.349 e. The molecule has 1 aliphatic carbocycles. The molecule has 5 nitrogen and oxygen atoms in total. The zero-order valence-corrected chi connectivity index (χ0v) is 11.0. The van der Waals surface area contributed by atoms with Gasteiger partial charge in [-0.3, -0.25) is 4.79 Å². The second-order valence-electron chi connectivity index (χ2n) is 5.37. The molecule has 2 atom stereocenters. The normalized spacial score (nSPS) is 23.4. The van der Waals surface area contributed by atoms with Crippen molar-refractivity contribution in [2.75, 3.05) is 0 Å². The Balaban J connectivity index is 1.75. The van der Waals surface area contributed by atoms with Gasteiger partial charge in [0, 0.05) is 11.6 Å². The number of carbonyl (C=O) groups excluding carboxylic acids is 1. The van der Waals surface area contributed by atoms with E-state index in [0.29, 0.717) is 17.5 Å². The fourth-order valence-corrected chi connectivity index (χ4v) is 2.76. The van der Waals surface area contributed by atoms with Gasteiger partial charge in [0.2, 0.25) is 0 Å². The molecule has 2 N–H and O–H groups in total. The lowest BCUT2D eigenvalue weighted by Gasteiger charge is -2.29. The number of H-pyrrole nitrogens is 1. The van der Waals surface area contributed by atoms with Crippen LogP contribution in [0.3, 0.4) is 0 Å². The number of fused-ring (bicyclic) bond motifs is 1. The number of rotatable bonds is 2. The van der Waals surface area contributed by atoms with E-state index in [1.807, 2.05) is 6.07 Å². The highest BCUT2D eigenvalue weighted by Crippen LogP contribution is 2.24. The highest BCUT2D eigenvalue weighted by Gasteiger charge is 2.23. The van der Waals surface area contributed by atoms with E-state index < -0.39 is 0 Å². The zero-order valence-electron chi connectivity index (χ0n) is 11.0. The van der Waals surface area contributed by atoms with E-state index in [1.165, 1.54) is 19.3 Å². The van der Waals surface area contributed by atoms with Crippen LogP contribution in [0.15, 0.2) is 18.2 Å². The molecule has 1 heterocycles. The van der Waals surface area contributed by atoms with E-state index in [0.717, 1.165) is 17.5 Å².